The largest absolute Gasteiger partial charge is 0.388 e. The molecule has 0 saturated carbocycles. The summed E-state index contributed by atoms with van der Waals surface area (Å²) in [6, 6.07) is 17.1. The predicted octanol–water partition coefficient (Wildman–Crippen LogP) is 4.73. The minimum absolute atomic E-state index is 1.03. The molecule has 0 unspecified atom stereocenters. The smallest absolute Gasteiger partial charge is 0.0681 e. The molecule has 2 heterocycles. The normalized spacial score (nSPS) is 11.2. The zero-order valence-corrected chi connectivity index (χ0v) is 12.6. The zero-order valence-electron chi connectivity index (χ0n) is 12.6. The van der Waals surface area contributed by atoms with Crippen molar-refractivity contribution in [3.63, 3.8) is 0 Å². The number of anilines is 1. The quantitative estimate of drug-likeness (QED) is 0.559. The molecule has 0 spiro atoms. The second-order valence-corrected chi connectivity index (χ2v) is 5.54. The van der Waals surface area contributed by atoms with Crippen molar-refractivity contribution < 1.29 is 0 Å². The number of aryl methyl sites for hydroxylation is 1. The van der Waals surface area contributed by atoms with Crippen molar-refractivity contribution in [3.8, 4) is 11.1 Å². The van der Waals surface area contributed by atoms with Crippen LogP contribution in [0.2, 0.25) is 0 Å². The third-order valence-corrected chi connectivity index (χ3v) is 4.19. The average Bonchev–Trinajstić information content (AvgIpc) is 2.94. The molecular weight excluding hydrogens is 270 g/mol. The maximum absolute atomic E-state index is 4.37. The third-order valence-electron chi connectivity index (χ3n) is 4.19. The summed E-state index contributed by atoms with van der Waals surface area (Å²) in [5, 5.41) is 5.67. The Morgan fingerprint density at radius 2 is 1.82 bits per heavy atom. The molecule has 0 saturated heterocycles. The lowest BCUT2D eigenvalue weighted by Gasteiger charge is -2.05. The van der Waals surface area contributed by atoms with Gasteiger partial charge in [-0.15, -0.1) is 0 Å². The highest BCUT2D eigenvalue weighted by atomic mass is 14.8. The van der Waals surface area contributed by atoms with E-state index in [1.807, 2.05) is 20.2 Å². The highest BCUT2D eigenvalue weighted by Crippen LogP contribution is 2.31. The van der Waals surface area contributed by atoms with Crippen molar-refractivity contribution in [1.82, 2.24) is 9.97 Å². The Bertz CT molecular complexity index is 982. The molecule has 22 heavy (non-hydrogen) atoms. The van der Waals surface area contributed by atoms with Crippen molar-refractivity contribution in [1.29, 1.82) is 0 Å². The summed E-state index contributed by atoms with van der Waals surface area (Å²) in [4.78, 5) is 7.84. The molecule has 0 atom stereocenters. The van der Waals surface area contributed by atoms with Gasteiger partial charge in [0.2, 0.25) is 0 Å². The maximum atomic E-state index is 4.37. The molecule has 0 aliphatic rings. The van der Waals surface area contributed by atoms with Crippen molar-refractivity contribution >= 4 is 27.5 Å². The number of fused-ring (bicyclic) bond motifs is 3. The minimum Gasteiger partial charge on any atom is -0.388 e. The van der Waals surface area contributed by atoms with Crippen LogP contribution in [0.15, 0.2) is 54.7 Å². The van der Waals surface area contributed by atoms with Crippen LogP contribution in [-0.4, -0.2) is 17.0 Å². The third kappa shape index (κ3) is 1.94. The number of benzene rings is 2. The first kappa shape index (κ1) is 12.9. The Labute approximate surface area is 129 Å². The number of nitrogens with one attached hydrogen (secondary N) is 2. The maximum Gasteiger partial charge on any atom is 0.0681 e. The van der Waals surface area contributed by atoms with E-state index in [2.05, 4.69) is 63.8 Å². The highest BCUT2D eigenvalue weighted by molar-refractivity contribution is 6.09. The van der Waals surface area contributed by atoms with Crippen molar-refractivity contribution in [2.24, 2.45) is 0 Å². The Morgan fingerprint density at radius 1 is 0.955 bits per heavy atom. The Morgan fingerprint density at radius 3 is 2.68 bits per heavy atom. The van der Waals surface area contributed by atoms with Gasteiger partial charge in [-0.1, -0.05) is 18.2 Å². The fraction of sp³-hybridized carbons (Fsp3) is 0.105. The van der Waals surface area contributed by atoms with E-state index in [0.29, 0.717) is 0 Å². The highest BCUT2D eigenvalue weighted by Gasteiger charge is 2.08. The second-order valence-electron chi connectivity index (χ2n) is 5.54. The van der Waals surface area contributed by atoms with Gasteiger partial charge in [-0.25, -0.2) is 0 Å². The number of rotatable bonds is 2. The molecule has 4 aromatic rings. The number of hydrogen-bond donors (Lipinski definition) is 2. The Balaban J connectivity index is 1.96. The van der Waals surface area contributed by atoms with Crippen LogP contribution in [0.4, 0.5) is 5.69 Å². The molecule has 2 aromatic carbocycles. The standard InChI is InChI=1S/C19H17N3/c1-12-19-16(8-9-21-12)17-11-14(6-7-18(17)22-19)13-4-3-5-15(10-13)20-2/h3-11,20,22H,1-2H3. The van der Waals surface area contributed by atoms with Gasteiger partial charge in [0.15, 0.2) is 0 Å². The molecule has 4 rings (SSSR count). The number of pyridine rings is 1. The summed E-state index contributed by atoms with van der Waals surface area (Å²) in [7, 11) is 1.94. The van der Waals surface area contributed by atoms with E-state index in [0.717, 1.165) is 22.4 Å². The van der Waals surface area contributed by atoms with Crippen LogP contribution in [-0.2, 0) is 0 Å². The van der Waals surface area contributed by atoms with E-state index < -0.39 is 0 Å². The van der Waals surface area contributed by atoms with E-state index in [-0.39, 0.29) is 0 Å². The van der Waals surface area contributed by atoms with Gasteiger partial charge in [0.1, 0.15) is 0 Å². The van der Waals surface area contributed by atoms with Crippen LogP contribution in [0.3, 0.4) is 0 Å². The molecule has 0 bridgehead atoms. The van der Waals surface area contributed by atoms with Crippen molar-refractivity contribution in [3.05, 3.63) is 60.4 Å². The van der Waals surface area contributed by atoms with Crippen molar-refractivity contribution in [2.45, 2.75) is 6.92 Å². The van der Waals surface area contributed by atoms with Crippen LogP contribution < -0.4 is 5.32 Å². The average molecular weight is 287 g/mol. The van der Waals surface area contributed by atoms with E-state index >= 15 is 0 Å². The molecule has 3 nitrogen and oxygen atoms in total. The van der Waals surface area contributed by atoms with Crippen LogP contribution in [0, 0.1) is 6.92 Å². The fourth-order valence-corrected chi connectivity index (χ4v) is 2.99. The predicted molar refractivity (Wildman–Crippen MR) is 93.3 cm³/mol. The molecule has 2 aromatic heterocycles. The molecule has 0 amide bonds. The lowest BCUT2D eigenvalue weighted by Crippen LogP contribution is -1.87. The molecule has 0 aliphatic carbocycles. The molecule has 2 N–H and O–H groups in total. The van der Waals surface area contributed by atoms with E-state index in [1.165, 1.54) is 21.9 Å². The molecule has 0 fully saturated rings. The van der Waals surface area contributed by atoms with Gasteiger partial charge in [0.05, 0.1) is 11.2 Å². The van der Waals surface area contributed by atoms with E-state index in [1.54, 1.807) is 0 Å². The minimum atomic E-state index is 1.03. The first-order chi connectivity index (χ1) is 10.8. The van der Waals surface area contributed by atoms with E-state index in [9.17, 15) is 0 Å². The summed E-state index contributed by atoms with van der Waals surface area (Å²) < 4.78 is 0. The number of aromatic nitrogens is 2. The lowest BCUT2D eigenvalue weighted by molar-refractivity contribution is 1.22. The molecule has 3 heteroatoms. The van der Waals surface area contributed by atoms with Crippen molar-refractivity contribution in [2.75, 3.05) is 12.4 Å². The molecule has 0 radical (unpaired) electrons. The van der Waals surface area contributed by atoms with Gasteiger partial charge in [-0.05, 0) is 48.4 Å². The molecule has 0 aliphatic heterocycles. The number of nitrogens with zero attached hydrogens (tertiary/aromatic N) is 1. The van der Waals surface area contributed by atoms with Crippen LogP contribution in [0.1, 0.15) is 5.69 Å². The topological polar surface area (TPSA) is 40.7 Å². The lowest BCUT2D eigenvalue weighted by atomic mass is 10.0. The first-order valence-electron chi connectivity index (χ1n) is 7.41. The summed E-state index contributed by atoms with van der Waals surface area (Å²) in [6.45, 7) is 2.04. The number of aromatic amines is 1. The fourth-order valence-electron chi connectivity index (χ4n) is 2.99. The second kappa shape index (κ2) is 4.88. The Kier molecular flexibility index (Phi) is 2.86. The summed E-state index contributed by atoms with van der Waals surface area (Å²) in [6.07, 6.45) is 1.87. The first-order valence-corrected chi connectivity index (χ1v) is 7.41. The molecular formula is C19H17N3. The van der Waals surface area contributed by atoms with Gasteiger partial charge in [0.25, 0.3) is 0 Å². The monoisotopic (exact) mass is 287 g/mol. The van der Waals surface area contributed by atoms with Gasteiger partial charge < -0.3 is 10.3 Å². The van der Waals surface area contributed by atoms with Gasteiger partial charge in [-0.2, -0.15) is 0 Å². The van der Waals surface area contributed by atoms with Crippen LogP contribution in [0.5, 0.6) is 0 Å². The van der Waals surface area contributed by atoms with Gasteiger partial charge in [-0.3, -0.25) is 4.98 Å². The SMILES string of the molecule is CNc1cccc(-c2ccc3[nH]c4c(C)nccc4c3c2)c1. The number of hydrogen-bond acceptors (Lipinski definition) is 2. The van der Waals surface area contributed by atoms with Crippen LogP contribution >= 0.6 is 0 Å². The van der Waals surface area contributed by atoms with Gasteiger partial charge in [0, 0.05) is 35.2 Å². The summed E-state index contributed by atoms with van der Waals surface area (Å²) >= 11 is 0. The zero-order chi connectivity index (χ0) is 15.1. The number of H-pyrrole nitrogens is 1. The van der Waals surface area contributed by atoms with E-state index in [4.69, 9.17) is 0 Å². The Hall–Kier alpha value is -2.81. The molecule has 108 valence electrons. The summed E-state index contributed by atoms with van der Waals surface area (Å²) in [5.41, 5.74) is 6.87. The summed E-state index contributed by atoms with van der Waals surface area (Å²) in [5.74, 6) is 0. The van der Waals surface area contributed by atoms with Gasteiger partial charge >= 0.3 is 0 Å². The van der Waals surface area contributed by atoms with Crippen LogP contribution in [0.25, 0.3) is 32.9 Å².